The summed E-state index contributed by atoms with van der Waals surface area (Å²) in [6.45, 7) is 1.84. The average molecular weight is 312 g/mol. The average Bonchev–Trinajstić information content (AvgIpc) is 2.58. The molecule has 5 heteroatoms. The highest BCUT2D eigenvalue weighted by molar-refractivity contribution is 7.80. The van der Waals surface area contributed by atoms with Crippen molar-refractivity contribution in [1.82, 2.24) is 5.43 Å². The van der Waals surface area contributed by atoms with E-state index in [0.29, 0.717) is 17.0 Å². The van der Waals surface area contributed by atoms with E-state index in [4.69, 9.17) is 0 Å². The molecule has 0 saturated heterocycles. The lowest BCUT2D eigenvalue weighted by atomic mass is 10.2. The van der Waals surface area contributed by atoms with Crippen molar-refractivity contribution in [2.75, 3.05) is 0 Å². The molecule has 1 heterocycles. The van der Waals surface area contributed by atoms with E-state index < -0.39 is 12.8 Å². The van der Waals surface area contributed by atoms with Crippen molar-refractivity contribution in [2.24, 2.45) is 5.10 Å². The highest BCUT2D eigenvalue weighted by Gasteiger charge is 2.42. The largest absolute Gasteiger partial charge is 0.313 e. The van der Waals surface area contributed by atoms with Crippen molar-refractivity contribution in [3.05, 3.63) is 60.7 Å². The quantitative estimate of drug-likeness (QED) is 0.884. The molecule has 22 heavy (non-hydrogen) atoms. The van der Waals surface area contributed by atoms with Crippen molar-refractivity contribution in [2.45, 2.75) is 19.0 Å². The highest BCUT2D eigenvalue weighted by atomic mass is 31.2. The van der Waals surface area contributed by atoms with Crippen LogP contribution in [0.2, 0.25) is 0 Å². The van der Waals surface area contributed by atoms with Gasteiger partial charge in [-0.15, -0.1) is 0 Å². The second-order valence-corrected chi connectivity index (χ2v) is 8.34. The fraction of sp³-hybridized carbons (Fsp3) is 0.176. The van der Waals surface area contributed by atoms with Crippen LogP contribution in [-0.4, -0.2) is 17.3 Å². The Bertz CT molecular complexity index is 713. The number of hydrogen-bond donors (Lipinski definition) is 1. The second kappa shape index (κ2) is 5.90. The van der Waals surface area contributed by atoms with Crippen molar-refractivity contribution in [1.29, 1.82) is 0 Å². The molecule has 0 fully saturated rings. The smallest absolute Gasteiger partial charge is 0.251 e. The minimum absolute atomic E-state index is 0.276. The van der Waals surface area contributed by atoms with Gasteiger partial charge in [0.2, 0.25) is 0 Å². The third kappa shape index (κ3) is 2.51. The lowest BCUT2D eigenvalue weighted by Gasteiger charge is -2.29. The molecule has 0 bridgehead atoms. The van der Waals surface area contributed by atoms with Gasteiger partial charge in [0.25, 0.3) is 5.91 Å². The predicted octanol–water partition coefficient (Wildman–Crippen LogP) is 2.26. The van der Waals surface area contributed by atoms with Gasteiger partial charge in [-0.2, -0.15) is 5.10 Å². The topological polar surface area (TPSA) is 58.5 Å². The first-order valence-electron chi connectivity index (χ1n) is 7.16. The number of benzene rings is 2. The van der Waals surface area contributed by atoms with E-state index in [1.165, 1.54) is 0 Å². The summed E-state index contributed by atoms with van der Waals surface area (Å²) in [5.74, 6) is -0.276. The van der Waals surface area contributed by atoms with Gasteiger partial charge in [0.15, 0.2) is 7.14 Å². The molecule has 1 aliphatic rings. The Kier molecular flexibility index (Phi) is 3.95. The number of nitrogens with zero attached hydrogens (tertiary/aromatic N) is 1. The molecule has 1 aliphatic heterocycles. The number of carbonyl (C=O) groups excluding carboxylic acids is 1. The van der Waals surface area contributed by atoms with Crippen LogP contribution < -0.4 is 16.0 Å². The molecule has 4 nitrogen and oxygen atoms in total. The minimum Gasteiger partial charge on any atom is -0.313 e. The molecule has 1 N–H and O–H groups in total. The summed E-state index contributed by atoms with van der Waals surface area (Å²) >= 11 is 0. The molecule has 3 rings (SSSR count). The molecule has 0 spiro atoms. The Morgan fingerprint density at radius 2 is 1.50 bits per heavy atom. The van der Waals surface area contributed by atoms with E-state index in [0.717, 1.165) is 5.71 Å². The highest BCUT2D eigenvalue weighted by Crippen LogP contribution is 2.50. The molecular formula is C17H17N2O2P. The van der Waals surface area contributed by atoms with Crippen LogP contribution in [0.4, 0.5) is 0 Å². The number of amides is 1. The van der Waals surface area contributed by atoms with Gasteiger partial charge in [0, 0.05) is 22.7 Å². The zero-order chi connectivity index (χ0) is 15.6. The molecule has 0 aliphatic carbocycles. The summed E-state index contributed by atoms with van der Waals surface area (Å²) in [4.78, 5) is 12.3. The monoisotopic (exact) mass is 312 g/mol. The van der Waals surface area contributed by atoms with Crippen LogP contribution in [0.25, 0.3) is 0 Å². The first-order valence-corrected chi connectivity index (χ1v) is 8.94. The number of nitrogens with one attached hydrogen (secondary N) is 1. The molecule has 112 valence electrons. The van der Waals surface area contributed by atoms with Crippen molar-refractivity contribution < 1.29 is 9.36 Å². The SMILES string of the molecule is CC1=NNC(=O)C(P(=O)(c2ccccc2)c2ccccc2)C1. The Balaban J connectivity index is 2.18. The van der Waals surface area contributed by atoms with Crippen LogP contribution in [0.5, 0.6) is 0 Å². The second-order valence-electron chi connectivity index (χ2n) is 5.37. The molecule has 0 radical (unpaired) electrons. The summed E-state index contributed by atoms with van der Waals surface area (Å²) in [5, 5.41) is 5.37. The van der Waals surface area contributed by atoms with Crippen LogP contribution in [0.1, 0.15) is 13.3 Å². The van der Waals surface area contributed by atoms with Crippen LogP contribution in [0, 0.1) is 0 Å². The van der Waals surface area contributed by atoms with Gasteiger partial charge in [0.05, 0.1) is 0 Å². The zero-order valence-corrected chi connectivity index (χ0v) is 13.2. The van der Waals surface area contributed by atoms with Crippen molar-refractivity contribution in [3.63, 3.8) is 0 Å². The van der Waals surface area contributed by atoms with Crippen LogP contribution >= 0.6 is 7.14 Å². The number of hydrazone groups is 1. The van der Waals surface area contributed by atoms with Gasteiger partial charge in [-0.3, -0.25) is 4.79 Å². The van der Waals surface area contributed by atoms with Crippen LogP contribution in [-0.2, 0) is 9.36 Å². The maximum absolute atomic E-state index is 14.0. The maximum Gasteiger partial charge on any atom is 0.251 e. The van der Waals surface area contributed by atoms with E-state index in [9.17, 15) is 9.36 Å². The molecule has 0 aromatic heterocycles. The summed E-state index contributed by atoms with van der Waals surface area (Å²) in [6, 6.07) is 18.5. The van der Waals surface area contributed by atoms with E-state index in [1.54, 1.807) is 0 Å². The maximum atomic E-state index is 14.0. The predicted molar refractivity (Wildman–Crippen MR) is 89.4 cm³/mol. The Labute approximate surface area is 129 Å². The van der Waals surface area contributed by atoms with Gasteiger partial charge < -0.3 is 4.57 Å². The number of rotatable bonds is 3. The van der Waals surface area contributed by atoms with Gasteiger partial charge in [-0.05, 0) is 6.92 Å². The van der Waals surface area contributed by atoms with Crippen LogP contribution in [0.3, 0.4) is 0 Å². The van der Waals surface area contributed by atoms with E-state index >= 15 is 0 Å². The number of hydrogen-bond acceptors (Lipinski definition) is 3. The normalized spacial score (nSPS) is 18.5. The molecular weight excluding hydrogens is 295 g/mol. The van der Waals surface area contributed by atoms with Gasteiger partial charge in [-0.1, -0.05) is 60.7 Å². The van der Waals surface area contributed by atoms with Crippen LogP contribution in [0.15, 0.2) is 65.8 Å². The first kappa shape index (κ1) is 14.7. The van der Waals surface area contributed by atoms with Crippen molar-refractivity contribution >= 4 is 29.4 Å². The van der Waals surface area contributed by atoms with Crippen molar-refractivity contribution in [3.8, 4) is 0 Å². The lowest BCUT2D eigenvalue weighted by Crippen LogP contribution is -2.42. The fourth-order valence-electron chi connectivity index (χ4n) is 2.74. The summed E-state index contributed by atoms with van der Waals surface area (Å²) in [6.07, 6.45) is 0.410. The molecule has 1 amide bonds. The summed E-state index contributed by atoms with van der Waals surface area (Å²) < 4.78 is 14.0. The Morgan fingerprint density at radius 3 is 2.00 bits per heavy atom. The molecule has 0 saturated carbocycles. The zero-order valence-electron chi connectivity index (χ0n) is 12.3. The minimum atomic E-state index is -3.09. The Hall–Kier alpha value is -2.19. The summed E-state index contributed by atoms with van der Waals surface area (Å²) in [7, 11) is -3.09. The third-order valence-electron chi connectivity index (χ3n) is 3.87. The summed E-state index contributed by atoms with van der Waals surface area (Å²) in [5.41, 5.74) is 2.68. The van der Waals surface area contributed by atoms with Gasteiger partial charge >= 0.3 is 0 Å². The Morgan fingerprint density at radius 1 is 1.00 bits per heavy atom. The lowest BCUT2D eigenvalue weighted by molar-refractivity contribution is -0.120. The standard InChI is InChI=1S/C17H17N2O2P/c1-13-12-16(17(20)19-18-13)22(21,14-8-4-2-5-9-14)15-10-6-3-7-11-15/h2-11,16H,12H2,1H3,(H,19,20). The third-order valence-corrected chi connectivity index (χ3v) is 7.29. The van der Waals surface area contributed by atoms with E-state index in [2.05, 4.69) is 10.5 Å². The molecule has 1 unspecified atom stereocenters. The van der Waals surface area contributed by atoms with E-state index in [-0.39, 0.29) is 5.91 Å². The van der Waals surface area contributed by atoms with E-state index in [1.807, 2.05) is 67.6 Å². The fourth-order valence-corrected chi connectivity index (χ4v) is 5.90. The first-order chi connectivity index (χ1) is 10.6. The molecule has 1 atom stereocenters. The van der Waals surface area contributed by atoms with Gasteiger partial charge in [0.1, 0.15) is 5.66 Å². The van der Waals surface area contributed by atoms with Gasteiger partial charge in [-0.25, -0.2) is 5.43 Å². The molecule has 2 aromatic rings. The molecule has 2 aromatic carbocycles. The number of carbonyl (C=O) groups is 1.